The van der Waals surface area contributed by atoms with Crippen molar-refractivity contribution in [1.82, 2.24) is 9.55 Å². The molecule has 2 saturated carbocycles. The van der Waals surface area contributed by atoms with Crippen molar-refractivity contribution in [3.05, 3.63) is 42.1 Å². The number of halogens is 1. The van der Waals surface area contributed by atoms with Crippen LogP contribution >= 0.6 is 0 Å². The Morgan fingerprint density at radius 1 is 1.33 bits per heavy atom. The van der Waals surface area contributed by atoms with Gasteiger partial charge in [0, 0.05) is 11.1 Å². The number of aromatic nitrogens is 2. The molecule has 2 heterocycles. The van der Waals surface area contributed by atoms with Crippen LogP contribution in [0.1, 0.15) is 57.1 Å². The van der Waals surface area contributed by atoms with Crippen molar-refractivity contribution in [2.24, 2.45) is 17.3 Å². The summed E-state index contributed by atoms with van der Waals surface area (Å²) in [5.41, 5.74) is 2.24. The minimum Gasteiger partial charge on any atom is -0.393 e. The molecule has 2 bridgehead atoms. The molecule has 2 aliphatic carbocycles. The Bertz CT molecular complexity index is 866. The average Bonchev–Trinajstić information content (AvgIpc) is 3.22. The largest absolute Gasteiger partial charge is 0.393 e. The molecule has 6 atom stereocenters. The van der Waals surface area contributed by atoms with Crippen LogP contribution in [0.3, 0.4) is 0 Å². The van der Waals surface area contributed by atoms with Gasteiger partial charge in [0.25, 0.3) is 0 Å². The van der Waals surface area contributed by atoms with E-state index >= 15 is 0 Å². The molecule has 0 spiro atoms. The third kappa shape index (κ3) is 2.66. The zero-order valence-corrected chi connectivity index (χ0v) is 15.7. The zero-order chi connectivity index (χ0) is 18.8. The molecule has 3 aliphatic rings. The zero-order valence-electron chi connectivity index (χ0n) is 15.7. The molecular formula is C22H27FN2O2. The van der Waals surface area contributed by atoms with Gasteiger partial charge in [0.1, 0.15) is 5.82 Å². The summed E-state index contributed by atoms with van der Waals surface area (Å²) in [5.74, 6) is 0.659. The normalized spacial score (nSPS) is 35.6. The first-order valence-corrected chi connectivity index (χ1v) is 10.1. The second-order valence-electron chi connectivity index (χ2n) is 9.22. The first kappa shape index (κ1) is 17.4. The van der Waals surface area contributed by atoms with E-state index in [0.29, 0.717) is 17.9 Å². The van der Waals surface area contributed by atoms with Gasteiger partial charge in [-0.3, -0.25) is 0 Å². The van der Waals surface area contributed by atoms with E-state index in [2.05, 4.69) is 11.9 Å². The monoisotopic (exact) mass is 370 g/mol. The lowest BCUT2D eigenvalue weighted by Gasteiger charge is -2.49. The van der Waals surface area contributed by atoms with Gasteiger partial charge < -0.3 is 14.8 Å². The molecule has 0 saturated heterocycles. The summed E-state index contributed by atoms with van der Waals surface area (Å²) in [7, 11) is 0. The molecule has 1 aromatic heterocycles. The summed E-state index contributed by atoms with van der Waals surface area (Å²) in [6.07, 6.45) is 8.07. The van der Waals surface area contributed by atoms with Crippen molar-refractivity contribution in [1.29, 1.82) is 0 Å². The van der Waals surface area contributed by atoms with Crippen LogP contribution in [-0.2, 0) is 0 Å². The van der Waals surface area contributed by atoms with Crippen LogP contribution in [0.4, 0.5) is 4.39 Å². The van der Waals surface area contributed by atoms with E-state index in [4.69, 9.17) is 0 Å². The topological polar surface area (TPSA) is 58.3 Å². The minimum atomic E-state index is -0.543. The molecule has 1 aliphatic heterocycles. The highest BCUT2D eigenvalue weighted by atomic mass is 19.1. The van der Waals surface area contributed by atoms with Crippen molar-refractivity contribution >= 4 is 0 Å². The van der Waals surface area contributed by atoms with E-state index in [-0.39, 0.29) is 29.3 Å². The van der Waals surface area contributed by atoms with Gasteiger partial charge in [-0.1, -0.05) is 19.1 Å². The summed E-state index contributed by atoms with van der Waals surface area (Å²) in [4.78, 5) is 4.24. The van der Waals surface area contributed by atoms with E-state index in [1.54, 1.807) is 18.6 Å². The lowest BCUT2D eigenvalue weighted by molar-refractivity contribution is -0.0808. The summed E-state index contributed by atoms with van der Waals surface area (Å²) < 4.78 is 16.7. The van der Waals surface area contributed by atoms with Gasteiger partial charge in [-0.25, -0.2) is 9.37 Å². The predicted octanol–water partition coefficient (Wildman–Crippen LogP) is 3.92. The van der Waals surface area contributed by atoms with E-state index in [1.807, 2.05) is 10.6 Å². The highest BCUT2D eigenvalue weighted by Gasteiger charge is 2.47. The van der Waals surface area contributed by atoms with Gasteiger partial charge in [-0.15, -0.1) is 0 Å². The summed E-state index contributed by atoms with van der Waals surface area (Å²) in [6.45, 7) is 2.15. The summed E-state index contributed by atoms with van der Waals surface area (Å²) in [6, 6.07) is 4.94. The van der Waals surface area contributed by atoms with Crippen molar-refractivity contribution in [2.75, 3.05) is 0 Å². The van der Waals surface area contributed by atoms with Crippen LogP contribution in [0.25, 0.3) is 11.3 Å². The van der Waals surface area contributed by atoms with Crippen LogP contribution < -0.4 is 0 Å². The number of hydrogen-bond acceptors (Lipinski definition) is 3. The Balaban J connectivity index is 1.44. The number of aliphatic hydroxyl groups is 2. The molecule has 2 fully saturated rings. The number of nitrogens with zero attached hydrogens (tertiary/aromatic N) is 2. The molecular weight excluding hydrogens is 343 g/mol. The molecule has 5 heteroatoms. The van der Waals surface area contributed by atoms with Crippen LogP contribution in [0.2, 0.25) is 0 Å². The van der Waals surface area contributed by atoms with Crippen molar-refractivity contribution in [3.63, 3.8) is 0 Å². The van der Waals surface area contributed by atoms with Crippen molar-refractivity contribution in [3.8, 4) is 11.3 Å². The lowest BCUT2D eigenvalue weighted by Crippen LogP contribution is -2.46. The molecule has 1 aromatic carbocycles. The highest BCUT2D eigenvalue weighted by molar-refractivity contribution is 5.69. The number of fused-ring (bicyclic) bond motifs is 5. The quantitative estimate of drug-likeness (QED) is 0.861. The number of hydrogen-bond donors (Lipinski definition) is 2. The fourth-order valence-electron chi connectivity index (χ4n) is 6.09. The van der Waals surface area contributed by atoms with Crippen LogP contribution in [0.5, 0.6) is 0 Å². The van der Waals surface area contributed by atoms with Gasteiger partial charge in [0.15, 0.2) is 0 Å². The Morgan fingerprint density at radius 3 is 3.04 bits per heavy atom. The van der Waals surface area contributed by atoms with Crippen LogP contribution in [-0.4, -0.2) is 32.0 Å². The van der Waals surface area contributed by atoms with Crippen molar-refractivity contribution in [2.45, 2.75) is 63.7 Å². The van der Waals surface area contributed by atoms with E-state index in [1.165, 1.54) is 6.07 Å². The Labute approximate surface area is 159 Å². The Hall–Kier alpha value is -1.72. The Kier molecular flexibility index (Phi) is 3.96. The van der Waals surface area contributed by atoms with Gasteiger partial charge >= 0.3 is 0 Å². The maximum absolute atomic E-state index is 14.7. The number of rotatable bonds is 3. The minimum absolute atomic E-state index is 0.213. The summed E-state index contributed by atoms with van der Waals surface area (Å²) >= 11 is 0. The molecule has 2 aromatic rings. The SMILES string of the molecule is C[C@@]1([C@@H](O)C[C@@H]2c3c(F)cccc3-c3cncn32)CC2CCC(O)C(C2)C1. The molecule has 0 radical (unpaired) electrons. The fraction of sp³-hybridized carbons (Fsp3) is 0.591. The van der Waals surface area contributed by atoms with Gasteiger partial charge in [-0.05, 0) is 61.8 Å². The maximum Gasteiger partial charge on any atom is 0.129 e. The maximum atomic E-state index is 14.7. The fourth-order valence-corrected chi connectivity index (χ4v) is 6.09. The number of aliphatic hydroxyl groups excluding tert-OH is 2. The first-order chi connectivity index (χ1) is 13.0. The third-order valence-corrected chi connectivity index (χ3v) is 7.45. The average molecular weight is 370 g/mol. The summed E-state index contributed by atoms with van der Waals surface area (Å²) in [5, 5.41) is 21.6. The van der Waals surface area contributed by atoms with Crippen molar-refractivity contribution < 1.29 is 14.6 Å². The molecule has 27 heavy (non-hydrogen) atoms. The molecule has 3 unspecified atom stereocenters. The van der Waals surface area contributed by atoms with Gasteiger partial charge in [-0.2, -0.15) is 0 Å². The van der Waals surface area contributed by atoms with Crippen LogP contribution in [0.15, 0.2) is 30.7 Å². The van der Waals surface area contributed by atoms with Gasteiger partial charge in [0.05, 0.1) is 36.5 Å². The smallest absolute Gasteiger partial charge is 0.129 e. The standard InChI is InChI=1S/C22H27FN2O2/c1-22(9-13-5-6-19(26)14(7-13)10-22)20(27)8-17-21-15(3-2-4-16(21)23)18-11-24-12-25(17)18/h2-4,11-14,17,19-20,26-27H,5-10H2,1H3/t13?,14?,17-,19?,20+,22-/m1/s1. The number of imidazole rings is 1. The van der Waals surface area contributed by atoms with E-state index < -0.39 is 6.10 Å². The molecule has 4 nitrogen and oxygen atoms in total. The number of benzene rings is 1. The van der Waals surface area contributed by atoms with E-state index in [9.17, 15) is 14.6 Å². The molecule has 0 amide bonds. The first-order valence-electron chi connectivity index (χ1n) is 10.1. The lowest BCUT2D eigenvalue weighted by atomic mass is 9.58. The highest BCUT2D eigenvalue weighted by Crippen LogP contribution is 2.52. The molecule has 2 N–H and O–H groups in total. The van der Waals surface area contributed by atoms with Gasteiger partial charge in [0.2, 0.25) is 0 Å². The second-order valence-corrected chi connectivity index (χ2v) is 9.22. The molecule has 5 rings (SSSR count). The predicted molar refractivity (Wildman–Crippen MR) is 101 cm³/mol. The van der Waals surface area contributed by atoms with E-state index in [0.717, 1.165) is 43.4 Å². The molecule has 144 valence electrons. The third-order valence-electron chi connectivity index (χ3n) is 7.45. The Morgan fingerprint density at radius 2 is 2.19 bits per heavy atom. The van der Waals surface area contributed by atoms with Crippen LogP contribution in [0, 0.1) is 23.1 Å². The second kappa shape index (κ2) is 6.14.